The fourth-order valence-corrected chi connectivity index (χ4v) is 1.66. The Balaban J connectivity index is 2.24. The van der Waals surface area contributed by atoms with Crippen LogP contribution in [0.3, 0.4) is 0 Å². The largest absolute Gasteiger partial charge is 0.481 e. The van der Waals surface area contributed by atoms with Crippen LogP contribution in [0.5, 0.6) is 0 Å². The van der Waals surface area contributed by atoms with E-state index in [1.54, 1.807) is 18.3 Å². The van der Waals surface area contributed by atoms with Gasteiger partial charge in [0, 0.05) is 17.0 Å². The van der Waals surface area contributed by atoms with E-state index in [-0.39, 0.29) is 6.42 Å². The molecular formula is C12H10ClNO3. The van der Waals surface area contributed by atoms with Crippen LogP contribution in [0.25, 0.3) is 11.1 Å². The fourth-order valence-electron chi connectivity index (χ4n) is 1.53. The number of carboxylic acids is 1. The fraction of sp³-hybridized carbons (Fsp3) is 0.167. The van der Waals surface area contributed by atoms with Crippen molar-refractivity contribution < 1.29 is 14.4 Å². The molecule has 0 spiro atoms. The van der Waals surface area contributed by atoms with Crippen molar-refractivity contribution in [2.75, 3.05) is 0 Å². The smallest absolute Gasteiger partial charge is 0.303 e. The van der Waals surface area contributed by atoms with Crippen LogP contribution < -0.4 is 0 Å². The van der Waals surface area contributed by atoms with Gasteiger partial charge < -0.3 is 9.63 Å². The molecule has 0 aliphatic rings. The van der Waals surface area contributed by atoms with Gasteiger partial charge in [-0.15, -0.1) is 0 Å². The highest BCUT2D eigenvalue weighted by molar-refractivity contribution is 6.30. The number of aryl methyl sites for hydroxylation is 1. The molecule has 0 saturated heterocycles. The molecule has 88 valence electrons. The summed E-state index contributed by atoms with van der Waals surface area (Å²) in [6.07, 6.45) is 1.93. The lowest BCUT2D eigenvalue weighted by atomic mass is 10.0. The number of aromatic nitrogens is 1. The lowest BCUT2D eigenvalue weighted by Gasteiger charge is -2.00. The Morgan fingerprint density at radius 2 is 2.06 bits per heavy atom. The van der Waals surface area contributed by atoms with Crippen LogP contribution in [0, 0.1) is 0 Å². The molecule has 5 heteroatoms. The predicted octanol–water partition coefficient (Wildman–Crippen LogP) is 3.01. The molecule has 0 fully saturated rings. The predicted molar refractivity (Wildman–Crippen MR) is 62.9 cm³/mol. The lowest BCUT2D eigenvalue weighted by Crippen LogP contribution is -1.97. The van der Waals surface area contributed by atoms with E-state index in [4.69, 9.17) is 21.2 Å². The molecule has 0 bridgehead atoms. The van der Waals surface area contributed by atoms with Gasteiger partial charge in [-0.2, -0.15) is 0 Å². The number of nitrogens with zero attached hydrogens (tertiary/aromatic N) is 1. The van der Waals surface area contributed by atoms with Gasteiger partial charge in [0.1, 0.15) is 5.76 Å². The Labute approximate surface area is 103 Å². The SMILES string of the molecule is O=C(O)CCc1oncc1-c1ccc(Cl)cc1. The third-order valence-electron chi connectivity index (χ3n) is 2.37. The van der Waals surface area contributed by atoms with Gasteiger partial charge in [0.05, 0.1) is 12.6 Å². The molecule has 17 heavy (non-hydrogen) atoms. The Bertz CT molecular complexity index is 519. The first kappa shape index (κ1) is 11.7. The first-order valence-electron chi connectivity index (χ1n) is 5.08. The number of halogens is 1. The van der Waals surface area contributed by atoms with Gasteiger partial charge >= 0.3 is 5.97 Å². The zero-order valence-corrected chi connectivity index (χ0v) is 9.65. The molecule has 0 saturated carbocycles. The second-order valence-corrected chi connectivity index (χ2v) is 4.00. The number of hydrogen-bond donors (Lipinski definition) is 1. The number of hydrogen-bond acceptors (Lipinski definition) is 3. The van der Waals surface area contributed by atoms with Gasteiger partial charge in [-0.3, -0.25) is 4.79 Å². The van der Waals surface area contributed by atoms with Crippen LogP contribution in [0.15, 0.2) is 35.0 Å². The monoisotopic (exact) mass is 251 g/mol. The highest BCUT2D eigenvalue weighted by atomic mass is 35.5. The van der Waals surface area contributed by atoms with Crippen LogP contribution >= 0.6 is 11.6 Å². The van der Waals surface area contributed by atoms with Gasteiger partial charge in [0.15, 0.2) is 0 Å². The maximum atomic E-state index is 10.5. The number of benzene rings is 1. The second kappa shape index (κ2) is 5.01. The molecule has 4 nitrogen and oxygen atoms in total. The van der Waals surface area contributed by atoms with E-state index in [1.165, 1.54) is 0 Å². The third kappa shape index (κ3) is 2.85. The number of rotatable bonds is 4. The van der Waals surface area contributed by atoms with Crippen molar-refractivity contribution in [3.8, 4) is 11.1 Å². The Morgan fingerprint density at radius 1 is 1.35 bits per heavy atom. The summed E-state index contributed by atoms with van der Waals surface area (Å²) in [5, 5.41) is 13.0. The summed E-state index contributed by atoms with van der Waals surface area (Å²) in [6, 6.07) is 7.23. The molecule has 1 aromatic heterocycles. The molecule has 0 unspecified atom stereocenters. The summed E-state index contributed by atoms with van der Waals surface area (Å²) < 4.78 is 5.05. The normalized spacial score (nSPS) is 10.4. The van der Waals surface area contributed by atoms with E-state index < -0.39 is 5.97 Å². The second-order valence-electron chi connectivity index (χ2n) is 3.56. The summed E-state index contributed by atoms with van der Waals surface area (Å²) in [4.78, 5) is 10.5. The first-order chi connectivity index (χ1) is 8.16. The molecule has 1 N–H and O–H groups in total. The van der Waals surface area contributed by atoms with Crippen LogP contribution in [-0.2, 0) is 11.2 Å². The van der Waals surface area contributed by atoms with E-state index >= 15 is 0 Å². The molecule has 1 heterocycles. The van der Waals surface area contributed by atoms with Crippen molar-refractivity contribution >= 4 is 17.6 Å². The summed E-state index contributed by atoms with van der Waals surface area (Å²) in [6.45, 7) is 0. The third-order valence-corrected chi connectivity index (χ3v) is 2.62. The standard InChI is InChI=1S/C12H10ClNO3/c13-9-3-1-8(2-4-9)10-7-14-17-11(10)5-6-12(15)16/h1-4,7H,5-6H2,(H,15,16). The van der Waals surface area contributed by atoms with Gasteiger partial charge in [-0.25, -0.2) is 0 Å². The van der Waals surface area contributed by atoms with E-state index in [2.05, 4.69) is 5.16 Å². The van der Waals surface area contributed by atoms with Crippen molar-refractivity contribution in [1.82, 2.24) is 5.16 Å². The minimum Gasteiger partial charge on any atom is -0.481 e. The topological polar surface area (TPSA) is 63.3 Å². The molecule has 2 rings (SSSR count). The van der Waals surface area contributed by atoms with Crippen molar-refractivity contribution in [2.45, 2.75) is 12.8 Å². The van der Waals surface area contributed by atoms with Gasteiger partial charge in [-0.05, 0) is 17.7 Å². The maximum Gasteiger partial charge on any atom is 0.303 e. The quantitative estimate of drug-likeness (QED) is 0.907. The van der Waals surface area contributed by atoms with Crippen molar-refractivity contribution in [2.24, 2.45) is 0 Å². The van der Waals surface area contributed by atoms with Crippen LogP contribution in [-0.4, -0.2) is 16.2 Å². The highest BCUT2D eigenvalue weighted by Gasteiger charge is 2.11. The van der Waals surface area contributed by atoms with E-state index in [0.717, 1.165) is 11.1 Å². The minimum atomic E-state index is -0.858. The molecule has 0 amide bonds. The van der Waals surface area contributed by atoms with Crippen molar-refractivity contribution in [3.63, 3.8) is 0 Å². The van der Waals surface area contributed by atoms with Gasteiger partial charge in [0.2, 0.25) is 0 Å². The van der Waals surface area contributed by atoms with Crippen molar-refractivity contribution in [1.29, 1.82) is 0 Å². The molecule has 0 aliphatic carbocycles. The molecule has 0 radical (unpaired) electrons. The Kier molecular flexibility index (Phi) is 3.44. The summed E-state index contributed by atoms with van der Waals surface area (Å²) >= 11 is 5.80. The van der Waals surface area contributed by atoms with Crippen molar-refractivity contribution in [3.05, 3.63) is 41.2 Å². The summed E-state index contributed by atoms with van der Waals surface area (Å²) in [5.41, 5.74) is 1.72. The average molecular weight is 252 g/mol. The Hall–Kier alpha value is -1.81. The molecule has 2 aromatic rings. The van der Waals surface area contributed by atoms with Crippen LogP contribution in [0.4, 0.5) is 0 Å². The molecule has 1 aromatic carbocycles. The summed E-state index contributed by atoms with van der Waals surface area (Å²) in [5.74, 6) is -0.279. The van der Waals surface area contributed by atoms with Crippen LogP contribution in [0.1, 0.15) is 12.2 Å². The first-order valence-corrected chi connectivity index (χ1v) is 5.46. The highest BCUT2D eigenvalue weighted by Crippen LogP contribution is 2.25. The lowest BCUT2D eigenvalue weighted by molar-refractivity contribution is -0.137. The number of carboxylic acid groups (broad SMARTS) is 1. The molecule has 0 atom stereocenters. The van der Waals surface area contributed by atoms with Crippen LogP contribution in [0.2, 0.25) is 5.02 Å². The zero-order valence-electron chi connectivity index (χ0n) is 8.89. The number of aliphatic carboxylic acids is 1. The number of carbonyl (C=O) groups is 1. The average Bonchev–Trinajstić information content (AvgIpc) is 2.75. The van der Waals surface area contributed by atoms with Gasteiger partial charge in [-0.1, -0.05) is 28.9 Å². The van der Waals surface area contributed by atoms with Gasteiger partial charge in [0.25, 0.3) is 0 Å². The maximum absolute atomic E-state index is 10.5. The molecule has 0 aliphatic heterocycles. The zero-order chi connectivity index (χ0) is 12.3. The van der Waals surface area contributed by atoms with E-state index in [9.17, 15) is 4.79 Å². The minimum absolute atomic E-state index is 0.0236. The molecular weight excluding hydrogens is 242 g/mol. The summed E-state index contributed by atoms with van der Waals surface area (Å²) in [7, 11) is 0. The van der Waals surface area contributed by atoms with E-state index in [0.29, 0.717) is 17.2 Å². The Morgan fingerprint density at radius 3 is 2.71 bits per heavy atom. The van der Waals surface area contributed by atoms with E-state index in [1.807, 2.05) is 12.1 Å².